The summed E-state index contributed by atoms with van der Waals surface area (Å²) in [6.07, 6.45) is 0.559. The van der Waals surface area contributed by atoms with Gasteiger partial charge in [0.1, 0.15) is 0 Å². The van der Waals surface area contributed by atoms with E-state index in [1.54, 1.807) is 16.7 Å². The minimum Gasteiger partial charge on any atom is -0.481 e. The Morgan fingerprint density at radius 2 is 2.05 bits per heavy atom. The van der Waals surface area contributed by atoms with Crippen LogP contribution in [0.5, 0.6) is 0 Å². The lowest BCUT2D eigenvalue weighted by atomic mass is 9.90. The molecule has 2 heterocycles. The Kier molecular flexibility index (Phi) is 4.43. The Morgan fingerprint density at radius 1 is 1.38 bits per heavy atom. The number of β-amino-alcohol motifs (C(OH)–C–C–N with tert-alkyl or cyclic N) is 1. The minimum absolute atomic E-state index is 0.0146. The Bertz CT molecular complexity index is 428. The van der Waals surface area contributed by atoms with Crippen LogP contribution in [-0.2, 0) is 4.79 Å². The second kappa shape index (κ2) is 5.81. The van der Waals surface area contributed by atoms with Crippen molar-refractivity contribution in [3.05, 3.63) is 0 Å². The molecule has 0 bridgehead atoms. The van der Waals surface area contributed by atoms with Crippen LogP contribution < -0.4 is 0 Å². The number of hydrogen-bond acceptors (Lipinski definition) is 4. The lowest BCUT2D eigenvalue weighted by Crippen LogP contribution is -2.48. The third-order valence-electron chi connectivity index (χ3n) is 4.47. The van der Waals surface area contributed by atoms with Crippen molar-refractivity contribution in [3.63, 3.8) is 0 Å². The molecule has 2 saturated heterocycles. The lowest BCUT2D eigenvalue weighted by molar-refractivity contribution is -0.147. The number of carbonyl (C=O) groups is 2. The molecule has 2 aliphatic heterocycles. The van der Waals surface area contributed by atoms with Crippen LogP contribution in [0.2, 0.25) is 0 Å². The van der Waals surface area contributed by atoms with Crippen LogP contribution in [0.1, 0.15) is 19.8 Å². The summed E-state index contributed by atoms with van der Waals surface area (Å²) >= 11 is 0. The van der Waals surface area contributed by atoms with Crippen LogP contribution in [0.25, 0.3) is 0 Å². The van der Waals surface area contributed by atoms with Crippen LogP contribution in [0.3, 0.4) is 0 Å². The van der Waals surface area contributed by atoms with E-state index < -0.39 is 17.5 Å². The first-order valence-corrected chi connectivity index (χ1v) is 7.34. The van der Waals surface area contributed by atoms with Gasteiger partial charge in [0.2, 0.25) is 0 Å². The molecule has 3 atom stereocenters. The monoisotopic (exact) mass is 299 g/mol. The number of urea groups is 1. The number of carboxylic acids is 1. The lowest BCUT2D eigenvalue weighted by Gasteiger charge is -2.31. The highest BCUT2D eigenvalue weighted by molar-refractivity contribution is 5.80. The van der Waals surface area contributed by atoms with E-state index in [1.165, 1.54) is 0 Å². The van der Waals surface area contributed by atoms with Crippen molar-refractivity contribution in [2.45, 2.75) is 31.9 Å². The normalized spacial score (nSPS) is 33.0. The summed E-state index contributed by atoms with van der Waals surface area (Å²) < 4.78 is 0. The molecule has 0 saturated carbocycles. The summed E-state index contributed by atoms with van der Waals surface area (Å²) in [5, 5.41) is 19.1. The molecule has 2 amide bonds. The Labute approximate surface area is 125 Å². The molecule has 2 N–H and O–H groups in total. The maximum absolute atomic E-state index is 12.6. The van der Waals surface area contributed by atoms with Gasteiger partial charge in [-0.15, -0.1) is 0 Å². The average Bonchev–Trinajstić information content (AvgIpc) is 2.93. The average molecular weight is 299 g/mol. The molecular weight excluding hydrogens is 274 g/mol. The molecule has 7 heteroatoms. The maximum Gasteiger partial charge on any atom is 0.320 e. The summed E-state index contributed by atoms with van der Waals surface area (Å²) in [5.74, 6) is -0.857. The van der Waals surface area contributed by atoms with Gasteiger partial charge in [0.05, 0.1) is 11.5 Å². The first-order valence-electron chi connectivity index (χ1n) is 7.34. The zero-order chi connectivity index (χ0) is 15.8. The number of aliphatic hydroxyl groups excluding tert-OH is 1. The molecule has 0 radical (unpaired) electrons. The van der Waals surface area contributed by atoms with Gasteiger partial charge in [0.15, 0.2) is 0 Å². The van der Waals surface area contributed by atoms with Crippen molar-refractivity contribution >= 4 is 12.0 Å². The van der Waals surface area contributed by atoms with E-state index in [0.717, 1.165) is 0 Å². The number of rotatable bonds is 3. The number of hydrogen-bond donors (Lipinski definition) is 2. The van der Waals surface area contributed by atoms with Gasteiger partial charge in [-0.3, -0.25) is 4.79 Å². The first-order chi connectivity index (χ1) is 9.73. The van der Waals surface area contributed by atoms with Gasteiger partial charge in [0.25, 0.3) is 0 Å². The van der Waals surface area contributed by atoms with Crippen molar-refractivity contribution in [3.8, 4) is 0 Å². The number of aliphatic carboxylic acids is 1. The van der Waals surface area contributed by atoms with E-state index >= 15 is 0 Å². The van der Waals surface area contributed by atoms with E-state index in [2.05, 4.69) is 0 Å². The number of nitrogens with zero attached hydrogens (tertiary/aromatic N) is 3. The molecular formula is C14H25N3O4. The molecule has 0 aliphatic carbocycles. The number of amides is 2. The topological polar surface area (TPSA) is 84.3 Å². The number of likely N-dealkylation sites (N-methyl/N-ethyl adjacent to an activating group) is 1. The Morgan fingerprint density at radius 3 is 2.57 bits per heavy atom. The molecule has 2 aliphatic rings. The number of aliphatic hydroxyl groups is 1. The minimum atomic E-state index is -0.857. The Balaban J connectivity index is 2.04. The van der Waals surface area contributed by atoms with Gasteiger partial charge in [-0.05, 0) is 33.9 Å². The Hall–Kier alpha value is -1.34. The highest BCUT2D eigenvalue weighted by atomic mass is 16.4. The second-order valence-corrected chi connectivity index (χ2v) is 6.78. The van der Waals surface area contributed by atoms with Crippen molar-refractivity contribution in [2.75, 3.05) is 40.3 Å². The summed E-state index contributed by atoms with van der Waals surface area (Å²) in [5.41, 5.74) is -0.856. The third-order valence-corrected chi connectivity index (χ3v) is 4.47. The van der Waals surface area contributed by atoms with Crippen molar-refractivity contribution in [1.29, 1.82) is 0 Å². The molecule has 3 unspecified atom stereocenters. The molecule has 120 valence electrons. The van der Waals surface area contributed by atoms with Crippen molar-refractivity contribution in [2.24, 2.45) is 5.41 Å². The van der Waals surface area contributed by atoms with Crippen LogP contribution in [0.15, 0.2) is 0 Å². The quantitative estimate of drug-likeness (QED) is 0.760. The predicted molar refractivity (Wildman–Crippen MR) is 77.0 cm³/mol. The molecule has 0 spiro atoms. The summed E-state index contributed by atoms with van der Waals surface area (Å²) in [6, 6.07) is -0.164. The molecule has 0 aromatic heterocycles. The van der Waals surface area contributed by atoms with Gasteiger partial charge in [-0.25, -0.2) is 4.79 Å². The third kappa shape index (κ3) is 3.29. The van der Waals surface area contributed by atoms with Crippen molar-refractivity contribution in [1.82, 2.24) is 14.7 Å². The van der Waals surface area contributed by atoms with Crippen LogP contribution in [0.4, 0.5) is 4.79 Å². The molecule has 21 heavy (non-hydrogen) atoms. The van der Waals surface area contributed by atoms with Crippen molar-refractivity contribution < 1.29 is 19.8 Å². The fraction of sp³-hybridized carbons (Fsp3) is 0.857. The maximum atomic E-state index is 12.6. The van der Waals surface area contributed by atoms with E-state index in [-0.39, 0.29) is 18.6 Å². The van der Waals surface area contributed by atoms with Gasteiger partial charge < -0.3 is 24.9 Å². The highest BCUT2D eigenvalue weighted by Crippen LogP contribution is 2.32. The molecule has 2 fully saturated rings. The summed E-state index contributed by atoms with van der Waals surface area (Å²) in [4.78, 5) is 29.2. The van der Waals surface area contributed by atoms with E-state index in [0.29, 0.717) is 32.5 Å². The fourth-order valence-electron chi connectivity index (χ4n) is 3.20. The van der Waals surface area contributed by atoms with E-state index in [4.69, 9.17) is 0 Å². The van der Waals surface area contributed by atoms with Gasteiger partial charge in [-0.1, -0.05) is 0 Å². The fourth-order valence-corrected chi connectivity index (χ4v) is 3.20. The number of carboxylic acid groups (broad SMARTS) is 1. The van der Waals surface area contributed by atoms with Gasteiger partial charge in [-0.2, -0.15) is 0 Å². The number of likely N-dealkylation sites (tertiary alicyclic amines) is 2. The smallest absolute Gasteiger partial charge is 0.320 e. The van der Waals surface area contributed by atoms with E-state index in [1.807, 2.05) is 19.0 Å². The predicted octanol–water partition coefficient (Wildman–Crippen LogP) is -0.100. The summed E-state index contributed by atoms with van der Waals surface area (Å²) in [7, 11) is 3.87. The number of carbonyl (C=O) groups excluding carboxylic acids is 1. The van der Waals surface area contributed by atoms with Gasteiger partial charge >= 0.3 is 12.0 Å². The SMILES string of the molecule is CN(C)CC1CC(O)CN1C(=O)N1CCC(C)(C(=O)O)C1. The zero-order valence-corrected chi connectivity index (χ0v) is 12.9. The van der Waals surface area contributed by atoms with Crippen LogP contribution in [-0.4, -0.2) is 89.3 Å². The molecule has 2 rings (SSSR count). The van der Waals surface area contributed by atoms with E-state index in [9.17, 15) is 19.8 Å². The second-order valence-electron chi connectivity index (χ2n) is 6.78. The standard InChI is InChI=1S/C14H25N3O4/c1-14(12(19)20)4-5-16(9-14)13(21)17-8-11(18)6-10(17)7-15(2)3/h10-11,18H,4-9H2,1-3H3,(H,19,20). The zero-order valence-electron chi connectivity index (χ0n) is 12.9. The highest BCUT2D eigenvalue weighted by Gasteiger charge is 2.45. The van der Waals surface area contributed by atoms with Crippen LogP contribution in [0, 0.1) is 5.41 Å². The van der Waals surface area contributed by atoms with Crippen LogP contribution >= 0.6 is 0 Å². The molecule has 7 nitrogen and oxygen atoms in total. The summed E-state index contributed by atoms with van der Waals surface area (Å²) in [6.45, 7) is 3.41. The molecule has 0 aromatic rings. The molecule has 0 aromatic carbocycles. The largest absolute Gasteiger partial charge is 0.481 e. The van der Waals surface area contributed by atoms with Gasteiger partial charge in [0, 0.05) is 32.2 Å². The first kappa shape index (κ1) is 16.0.